The molecular formula is C75H145NO5. The Balaban J connectivity index is 3.35. The lowest BCUT2D eigenvalue weighted by molar-refractivity contribution is -0.143. The summed E-state index contributed by atoms with van der Waals surface area (Å²) in [7, 11) is 0. The average molecular weight is 1140 g/mol. The Hall–Kier alpha value is -1.66. The second-order valence-electron chi connectivity index (χ2n) is 25.6. The van der Waals surface area contributed by atoms with Crippen LogP contribution >= 0.6 is 0 Å². The fourth-order valence-corrected chi connectivity index (χ4v) is 11.8. The van der Waals surface area contributed by atoms with Crippen LogP contribution < -0.4 is 5.32 Å². The standard InChI is InChI=1S/C75H145NO5/c1-3-5-7-9-11-13-15-17-19-20-37-41-45-49-53-57-61-65-69-75(80)81-70-66-62-58-54-50-46-42-38-35-33-31-29-27-25-23-21-22-24-26-28-30-32-34-36-40-44-48-52-56-60-64-68-74(79)76-72(71-77)73(78)67-63-59-55-51-47-43-39-18-16-14-12-10-8-6-4-2/h23,25,63,67,72-73,77-78H,3-22,24,26-62,64-66,68-71H2,1-2H3,(H,76,79)/b25-23-,67-63+. The number of hydrogen-bond acceptors (Lipinski definition) is 5. The van der Waals surface area contributed by atoms with Gasteiger partial charge in [-0.3, -0.25) is 9.59 Å². The van der Waals surface area contributed by atoms with Gasteiger partial charge in [0.1, 0.15) is 0 Å². The third kappa shape index (κ3) is 67.3. The zero-order valence-corrected chi connectivity index (χ0v) is 55.0. The van der Waals surface area contributed by atoms with Crippen LogP contribution in [-0.2, 0) is 14.3 Å². The molecule has 0 aromatic heterocycles. The molecule has 6 nitrogen and oxygen atoms in total. The number of carbonyl (C=O) groups excluding carboxylic acids is 2. The molecule has 0 bridgehead atoms. The van der Waals surface area contributed by atoms with E-state index < -0.39 is 12.1 Å². The van der Waals surface area contributed by atoms with E-state index in [0.29, 0.717) is 19.4 Å². The highest BCUT2D eigenvalue weighted by Crippen LogP contribution is 2.19. The number of esters is 1. The van der Waals surface area contributed by atoms with Gasteiger partial charge in [-0.25, -0.2) is 0 Å². The Morgan fingerprint density at radius 3 is 0.877 bits per heavy atom. The largest absolute Gasteiger partial charge is 0.466 e. The molecule has 1 amide bonds. The number of aliphatic hydroxyl groups is 2. The van der Waals surface area contributed by atoms with Gasteiger partial charge in [-0.05, 0) is 57.8 Å². The molecule has 0 spiro atoms. The summed E-state index contributed by atoms with van der Waals surface area (Å²) in [5.41, 5.74) is 0. The van der Waals surface area contributed by atoms with Crippen LogP contribution in [0.25, 0.3) is 0 Å². The van der Waals surface area contributed by atoms with E-state index >= 15 is 0 Å². The van der Waals surface area contributed by atoms with E-state index in [4.69, 9.17) is 4.74 Å². The van der Waals surface area contributed by atoms with Crippen LogP contribution in [0.4, 0.5) is 0 Å². The lowest BCUT2D eigenvalue weighted by Crippen LogP contribution is -2.45. The van der Waals surface area contributed by atoms with Crippen molar-refractivity contribution in [3.05, 3.63) is 24.3 Å². The van der Waals surface area contributed by atoms with Gasteiger partial charge in [0.15, 0.2) is 0 Å². The second kappa shape index (κ2) is 70.8. The van der Waals surface area contributed by atoms with Gasteiger partial charge in [0.25, 0.3) is 0 Å². The first-order valence-electron chi connectivity index (χ1n) is 37.1. The number of hydrogen-bond donors (Lipinski definition) is 3. The van der Waals surface area contributed by atoms with E-state index in [1.807, 2.05) is 6.08 Å². The summed E-state index contributed by atoms with van der Waals surface area (Å²) in [5.74, 6) is -0.0406. The van der Waals surface area contributed by atoms with Crippen molar-refractivity contribution in [2.24, 2.45) is 0 Å². The zero-order chi connectivity index (χ0) is 58.5. The lowest BCUT2D eigenvalue weighted by Gasteiger charge is -2.20. The monoisotopic (exact) mass is 1140 g/mol. The molecule has 6 heteroatoms. The van der Waals surface area contributed by atoms with Crippen molar-refractivity contribution in [2.45, 2.75) is 431 Å². The van der Waals surface area contributed by atoms with Crippen molar-refractivity contribution < 1.29 is 24.5 Å². The molecule has 0 rings (SSSR count). The summed E-state index contributed by atoms with van der Waals surface area (Å²) in [6, 6.07) is -0.626. The van der Waals surface area contributed by atoms with Crippen LogP contribution in [0.15, 0.2) is 24.3 Å². The number of aliphatic hydroxyl groups excluding tert-OH is 2. The molecule has 0 saturated heterocycles. The Morgan fingerprint density at radius 1 is 0.333 bits per heavy atom. The van der Waals surface area contributed by atoms with Crippen molar-refractivity contribution in [3.63, 3.8) is 0 Å². The highest BCUT2D eigenvalue weighted by atomic mass is 16.5. The molecule has 0 aromatic carbocycles. The van der Waals surface area contributed by atoms with Crippen LogP contribution in [0, 0.1) is 0 Å². The van der Waals surface area contributed by atoms with Crippen molar-refractivity contribution >= 4 is 11.9 Å². The summed E-state index contributed by atoms with van der Waals surface area (Å²) in [4.78, 5) is 24.6. The molecule has 81 heavy (non-hydrogen) atoms. The molecular weight excluding hydrogens is 995 g/mol. The molecule has 0 aliphatic rings. The molecule has 0 saturated carbocycles. The van der Waals surface area contributed by atoms with Crippen LogP contribution in [0.3, 0.4) is 0 Å². The number of carbonyl (C=O) groups is 2. The quantitative estimate of drug-likeness (QED) is 0.0320. The first-order chi connectivity index (χ1) is 40.0. The van der Waals surface area contributed by atoms with Crippen molar-refractivity contribution in [3.8, 4) is 0 Å². The van der Waals surface area contributed by atoms with Crippen molar-refractivity contribution in [2.75, 3.05) is 13.2 Å². The maximum absolute atomic E-state index is 12.5. The topological polar surface area (TPSA) is 95.9 Å². The van der Waals surface area contributed by atoms with E-state index in [1.54, 1.807) is 6.08 Å². The van der Waals surface area contributed by atoms with Crippen LogP contribution in [-0.4, -0.2) is 47.4 Å². The van der Waals surface area contributed by atoms with Crippen molar-refractivity contribution in [1.29, 1.82) is 0 Å². The first kappa shape index (κ1) is 79.3. The third-order valence-electron chi connectivity index (χ3n) is 17.5. The van der Waals surface area contributed by atoms with E-state index in [1.165, 1.54) is 353 Å². The maximum Gasteiger partial charge on any atom is 0.305 e. The molecule has 2 atom stereocenters. The minimum atomic E-state index is -0.842. The Kier molecular flexibility index (Phi) is 69.4. The average Bonchev–Trinajstić information content (AvgIpc) is 3.47. The van der Waals surface area contributed by atoms with E-state index in [-0.39, 0.29) is 18.5 Å². The summed E-state index contributed by atoms with van der Waals surface area (Å²) in [6.07, 6.45) is 89.9. The number of unbranched alkanes of at least 4 members (excludes halogenated alkanes) is 57. The normalized spacial score (nSPS) is 12.6. The molecule has 0 radical (unpaired) electrons. The molecule has 2 unspecified atom stereocenters. The van der Waals surface area contributed by atoms with Gasteiger partial charge in [0.05, 0.1) is 25.4 Å². The summed E-state index contributed by atoms with van der Waals surface area (Å²) >= 11 is 0. The van der Waals surface area contributed by atoms with Gasteiger partial charge in [0, 0.05) is 12.8 Å². The molecule has 0 aliphatic heterocycles. The van der Waals surface area contributed by atoms with Gasteiger partial charge in [-0.15, -0.1) is 0 Å². The number of rotatable bonds is 70. The first-order valence-corrected chi connectivity index (χ1v) is 37.1. The predicted octanol–water partition coefficient (Wildman–Crippen LogP) is 24.1. The van der Waals surface area contributed by atoms with Gasteiger partial charge in [-0.2, -0.15) is 0 Å². The SMILES string of the molecule is CCCCCCCCCCCCCCC/C=C/C(O)C(CO)NC(=O)CCCCCCCCCCCCCCCCC/C=C\CCCCCCCCCCCCCCOC(=O)CCCCCCCCCCCCCCCCCCCC. The minimum absolute atomic E-state index is 0.0226. The Bertz CT molecular complexity index is 1270. The second-order valence-corrected chi connectivity index (χ2v) is 25.6. The molecule has 0 fully saturated rings. The Morgan fingerprint density at radius 2 is 0.580 bits per heavy atom. The molecule has 0 aliphatic carbocycles. The number of ether oxygens (including phenoxy) is 1. The van der Waals surface area contributed by atoms with Gasteiger partial charge in [-0.1, -0.05) is 372 Å². The third-order valence-corrected chi connectivity index (χ3v) is 17.5. The fourth-order valence-electron chi connectivity index (χ4n) is 11.8. The zero-order valence-electron chi connectivity index (χ0n) is 55.0. The van der Waals surface area contributed by atoms with E-state index in [2.05, 4.69) is 31.3 Å². The van der Waals surface area contributed by atoms with Gasteiger partial charge < -0.3 is 20.3 Å². The summed E-state index contributed by atoms with van der Waals surface area (Å²) in [6.45, 7) is 4.95. The molecule has 0 aromatic rings. The highest BCUT2D eigenvalue weighted by Gasteiger charge is 2.18. The molecule has 3 N–H and O–H groups in total. The molecule has 0 heterocycles. The van der Waals surface area contributed by atoms with Crippen molar-refractivity contribution in [1.82, 2.24) is 5.32 Å². The predicted molar refractivity (Wildman–Crippen MR) is 356 cm³/mol. The molecule has 480 valence electrons. The number of nitrogens with one attached hydrogen (secondary N) is 1. The van der Waals surface area contributed by atoms with E-state index in [9.17, 15) is 19.8 Å². The highest BCUT2D eigenvalue weighted by molar-refractivity contribution is 5.76. The Labute approximate surface area is 507 Å². The van der Waals surface area contributed by atoms with Crippen LogP contribution in [0.1, 0.15) is 418 Å². The van der Waals surface area contributed by atoms with Crippen LogP contribution in [0.2, 0.25) is 0 Å². The minimum Gasteiger partial charge on any atom is -0.466 e. The number of amides is 1. The van der Waals surface area contributed by atoms with E-state index in [0.717, 1.165) is 38.5 Å². The van der Waals surface area contributed by atoms with Gasteiger partial charge in [0.2, 0.25) is 5.91 Å². The van der Waals surface area contributed by atoms with Gasteiger partial charge >= 0.3 is 5.97 Å². The maximum atomic E-state index is 12.5. The fraction of sp³-hybridized carbons (Fsp3) is 0.920. The lowest BCUT2D eigenvalue weighted by atomic mass is 10.0. The van der Waals surface area contributed by atoms with Crippen LogP contribution in [0.5, 0.6) is 0 Å². The smallest absolute Gasteiger partial charge is 0.305 e. The summed E-state index contributed by atoms with van der Waals surface area (Å²) in [5, 5.41) is 23.2. The number of allylic oxidation sites excluding steroid dienone is 3. The summed E-state index contributed by atoms with van der Waals surface area (Å²) < 4.78 is 5.51.